The Labute approximate surface area is 136 Å². The zero-order chi connectivity index (χ0) is 17.0. The van der Waals surface area contributed by atoms with Gasteiger partial charge in [-0.25, -0.2) is 0 Å². The number of carbonyl (C=O) groups excluding carboxylic acids is 2. The molecule has 0 bridgehead atoms. The van der Waals surface area contributed by atoms with E-state index in [1.807, 2.05) is 6.07 Å². The number of aliphatic hydroxyl groups is 2. The van der Waals surface area contributed by atoms with Crippen molar-refractivity contribution in [3.63, 3.8) is 0 Å². The topological polar surface area (TPSA) is 86.6 Å². The van der Waals surface area contributed by atoms with Gasteiger partial charge in [0, 0.05) is 0 Å². The standard InChI is InChI=1S/C18H25NO4/c1-11(20)5-3-7-13-9-10-15-16(18(23)19-17(15)22)14(13)8-4-6-12(2)21/h9-12,20-21H,3-8H2,1-2H3,(H,19,22,23). The molecule has 0 fully saturated rings. The molecular weight excluding hydrogens is 294 g/mol. The first kappa shape index (κ1) is 17.6. The van der Waals surface area contributed by atoms with E-state index in [0.717, 1.165) is 30.4 Å². The van der Waals surface area contributed by atoms with Gasteiger partial charge in [0.15, 0.2) is 0 Å². The average Bonchev–Trinajstić information content (AvgIpc) is 2.75. The van der Waals surface area contributed by atoms with Crippen LogP contribution in [0.15, 0.2) is 12.1 Å². The van der Waals surface area contributed by atoms with Crippen molar-refractivity contribution >= 4 is 11.8 Å². The highest BCUT2D eigenvalue weighted by Crippen LogP contribution is 2.27. The van der Waals surface area contributed by atoms with Crippen LogP contribution in [0, 0.1) is 0 Å². The predicted octanol–water partition coefficient (Wildman–Crippen LogP) is 1.98. The largest absolute Gasteiger partial charge is 0.393 e. The van der Waals surface area contributed by atoms with E-state index in [9.17, 15) is 19.8 Å². The minimum atomic E-state index is -0.374. The van der Waals surface area contributed by atoms with Crippen molar-refractivity contribution in [1.82, 2.24) is 5.32 Å². The monoisotopic (exact) mass is 319 g/mol. The molecule has 126 valence electrons. The Hall–Kier alpha value is -1.72. The maximum Gasteiger partial charge on any atom is 0.259 e. The second-order valence-corrected chi connectivity index (χ2v) is 6.39. The highest BCUT2D eigenvalue weighted by molar-refractivity contribution is 6.22. The highest BCUT2D eigenvalue weighted by Gasteiger charge is 2.30. The Morgan fingerprint density at radius 2 is 1.57 bits per heavy atom. The lowest BCUT2D eigenvalue weighted by Crippen LogP contribution is -2.20. The summed E-state index contributed by atoms with van der Waals surface area (Å²) in [7, 11) is 0. The molecule has 5 nitrogen and oxygen atoms in total. The van der Waals surface area contributed by atoms with E-state index in [-0.39, 0.29) is 24.0 Å². The number of hydrogen-bond donors (Lipinski definition) is 3. The molecule has 1 aromatic carbocycles. The molecule has 1 aromatic rings. The number of nitrogens with one attached hydrogen (secondary N) is 1. The number of imide groups is 1. The molecule has 2 unspecified atom stereocenters. The molecule has 0 saturated heterocycles. The third kappa shape index (κ3) is 4.39. The van der Waals surface area contributed by atoms with E-state index in [2.05, 4.69) is 5.32 Å². The number of benzene rings is 1. The number of amides is 2. The second-order valence-electron chi connectivity index (χ2n) is 6.39. The Morgan fingerprint density at radius 1 is 0.957 bits per heavy atom. The first-order valence-corrected chi connectivity index (χ1v) is 8.26. The molecule has 1 heterocycles. The summed E-state index contributed by atoms with van der Waals surface area (Å²) in [6.45, 7) is 3.51. The van der Waals surface area contributed by atoms with Gasteiger partial charge in [-0.15, -0.1) is 0 Å². The van der Waals surface area contributed by atoms with Crippen molar-refractivity contribution in [2.75, 3.05) is 0 Å². The van der Waals surface area contributed by atoms with E-state index < -0.39 is 0 Å². The fourth-order valence-electron chi connectivity index (χ4n) is 3.05. The number of rotatable bonds is 8. The first-order valence-electron chi connectivity index (χ1n) is 8.26. The smallest absolute Gasteiger partial charge is 0.259 e. The van der Waals surface area contributed by atoms with Gasteiger partial charge in [0.25, 0.3) is 11.8 Å². The van der Waals surface area contributed by atoms with Crippen molar-refractivity contribution in [1.29, 1.82) is 0 Å². The summed E-state index contributed by atoms with van der Waals surface area (Å²) in [6.07, 6.45) is 3.67. The normalized spacial score (nSPS) is 16.2. The van der Waals surface area contributed by atoms with Crippen molar-refractivity contribution < 1.29 is 19.8 Å². The van der Waals surface area contributed by atoms with Gasteiger partial charge in [0.05, 0.1) is 23.3 Å². The Kier molecular flexibility index (Phi) is 5.91. The molecule has 0 radical (unpaired) electrons. The van der Waals surface area contributed by atoms with Gasteiger partial charge < -0.3 is 10.2 Å². The molecule has 0 saturated carbocycles. The van der Waals surface area contributed by atoms with E-state index in [1.165, 1.54) is 0 Å². The number of carbonyl (C=O) groups is 2. The zero-order valence-electron chi connectivity index (χ0n) is 13.8. The average molecular weight is 319 g/mol. The van der Waals surface area contributed by atoms with Crippen molar-refractivity contribution in [3.8, 4) is 0 Å². The molecule has 0 aromatic heterocycles. The Bertz CT molecular complexity index is 593. The van der Waals surface area contributed by atoms with Gasteiger partial charge in [0.1, 0.15) is 0 Å². The molecule has 3 N–H and O–H groups in total. The van der Waals surface area contributed by atoms with Gasteiger partial charge in [-0.2, -0.15) is 0 Å². The molecular formula is C18H25NO4. The van der Waals surface area contributed by atoms with Crippen molar-refractivity contribution in [3.05, 3.63) is 34.4 Å². The number of aliphatic hydroxyl groups excluding tert-OH is 2. The summed E-state index contributed by atoms with van der Waals surface area (Å²) in [5.41, 5.74) is 2.91. The van der Waals surface area contributed by atoms with Gasteiger partial charge in [-0.1, -0.05) is 6.07 Å². The van der Waals surface area contributed by atoms with Gasteiger partial charge in [-0.05, 0) is 69.6 Å². The second kappa shape index (κ2) is 7.70. The van der Waals surface area contributed by atoms with Crippen LogP contribution < -0.4 is 5.32 Å². The van der Waals surface area contributed by atoms with Gasteiger partial charge in [0.2, 0.25) is 0 Å². The third-order valence-electron chi connectivity index (χ3n) is 4.23. The minimum Gasteiger partial charge on any atom is -0.393 e. The van der Waals surface area contributed by atoms with Crippen LogP contribution >= 0.6 is 0 Å². The number of hydrogen-bond acceptors (Lipinski definition) is 4. The molecule has 2 atom stereocenters. The molecule has 0 aliphatic carbocycles. The lowest BCUT2D eigenvalue weighted by Gasteiger charge is -2.14. The van der Waals surface area contributed by atoms with Crippen molar-refractivity contribution in [2.45, 2.75) is 64.6 Å². The predicted molar refractivity (Wildman–Crippen MR) is 87.5 cm³/mol. The van der Waals surface area contributed by atoms with Crippen LogP contribution in [-0.4, -0.2) is 34.2 Å². The third-order valence-corrected chi connectivity index (χ3v) is 4.23. The van der Waals surface area contributed by atoms with Gasteiger partial charge >= 0.3 is 0 Å². The molecule has 1 aliphatic rings. The molecule has 2 amide bonds. The van der Waals surface area contributed by atoms with Crippen LogP contribution in [-0.2, 0) is 12.8 Å². The summed E-state index contributed by atoms with van der Waals surface area (Å²) in [6, 6.07) is 3.63. The van der Waals surface area contributed by atoms with E-state index in [4.69, 9.17) is 0 Å². The summed E-state index contributed by atoms with van der Waals surface area (Å²) >= 11 is 0. The summed E-state index contributed by atoms with van der Waals surface area (Å²) in [5, 5.41) is 21.2. The molecule has 1 aliphatic heterocycles. The summed E-state index contributed by atoms with van der Waals surface area (Å²) in [5.74, 6) is -0.660. The van der Waals surface area contributed by atoms with Crippen LogP contribution in [0.2, 0.25) is 0 Å². The maximum absolute atomic E-state index is 12.1. The molecule has 0 spiro atoms. The SMILES string of the molecule is CC(O)CCCc1ccc2c(c1CCCC(C)O)C(=O)NC2=O. The number of fused-ring (bicyclic) bond motifs is 1. The maximum atomic E-state index is 12.1. The lowest BCUT2D eigenvalue weighted by atomic mass is 9.90. The van der Waals surface area contributed by atoms with Crippen LogP contribution in [0.5, 0.6) is 0 Å². The summed E-state index contributed by atoms with van der Waals surface area (Å²) < 4.78 is 0. The van der Waals surface area contributed by atoms with Crippen LogP contribution in [0.4, 0.5) is 0 Å². The molecule has 2 rings (SSSR count). The first-order chi connectivity index (χ1) is 10.9. The van der Waals surface area contributed by atoms with E-state index >= 15 is 0 Å². The van der Waals surface area contributed by atoms with Crippen LogP contribution in [0.25, 0.3) is 0 Å². The van der Waals surface area contributed by atoms with Gasteiger partial charge in [-0.3, -0.25) is 14.9 Å². The highest BCUT2D eigenvalue weighted by atomic mass is 16.3. The van der Waals surface area contributed by atoms with Crippen LogP contribution in [0.1, 0.15) is 71.4 Å². The Morgan fingerprint density at radius 3 is 2.17 bits per heavy atom. The van der Waals surface area contributed by atoms with Crippen LogP contribution in [0.3, 0.4) is 0 Å². The molecule has 5 heteroatoms. The zero-order valence-corrected chi connectivity index (χ0v) is 13.8. The number of aryl methyl sites for hydroxylation is 1. The fourth-order valence-corrected chi connectivity index (χ4v) is 3.05. The fraction of sp³-hybridized carbons (Fsp3) is 0.556. The quantitative estimate of drug-likeness (QED) is 0.639. The lowest BCUT2D eigenvalue weighted by molar-refractivity contribution is 0.0879. The Balaban J connectivity index is 2.24. The van der Waals surface area contributed by atoms with E-state index in [1.54, 1.807) is 19.9 Å². The summed E-state index contributed by atoms with van der Waals surface area (Å²) in [4.78, 5) is 23.9. The minimum absolute atomic E-state index is 0.325. The molecule has 23 heavy (non-hydrogen) atoms. The van der Waals surface area contributed by atoms with Crippen molar-refractivity contribution in [2.24, 2.45) is 0 Å². The van der Waals surface area contributed by atoms with E-state index in [0.29, 0.717) is 30.4 Å².